The fourth-order valence-corrected chi connectivity index (χ4v) is 2.98. The second-order valence-electron chi connectivity index (χ2n) is 6.48. The Balaban J connectivity index is 1.42. The van der Waals surface area contributed by atoms with Gasteiger partial charge >= 0.3 is 12.0 Å². The zero-order chi connectivity index (χ0) is 19.2. The number of aryl methyl sites for hydroxylation is 1. The first-order chi connectivity index (χ1) is 13.0. The van der Waals surface area contributed by atoms with Gasteiger partial charge in [0.1, 0.15) is 5.82 Å². The number of rotatable bonds is 6. The summed E-state index contributed by atoms with van der Waals surface area (Å²) < 4.78 is 18.1. The molecule has 0 bridgehead atoms. The van der Waals surface area contributed by atoms with Gasteiger partial charge in [0.2, 0.25) is 11.7 Å². The largest absolute Gasteiger partial charge is 0.481 e. The number of urea groups is 1. The van der Waals surface area contributed by atoms with Crippen molar-refractivity contribution in [3.8, 4) is 11.4 Å². The molecule has 1 unspecified atom stereocenters. The minimum Gasteiger partial charge on any atom is -0.481 e. The third-order valence-electron chi connectivity index (χ3n) is 4.47. The Bertz CT molecular complexity index is 793. The summed E-state index contributed by atoms with van der Waals surface area (Å²) >= 11 is 0. The van der Waals surface area contributed by atoms with Crippen molar-refractivity contribution in [3.05, 3.63) is 36.0 Å². The Morgan fingerprint density at radius 1 is 1.33 bits per heavy atom. The summed E-state index contributed by atoms with van der Waals surface area (Å²) in [5.41, 5.74) is 0.665. The summed E-state index contributed by atoms with van der Waals surface area (Å²) in [5.74, 6) is -0.857. The number of piperidine rings is 1. The van der Waals surface area contributed by atoms with Gasteiger partial charge in [0.05, 0.1) is 5.92 Å². The van der Waals surface area contributed by atoms with E-state index in [1.807, 2.05) is 0 Å². The Hall–Kier alpha value is -2.97. The maximum Gasteiger partial charge on any atom is 0.317 e. The van der Waals surface area contributed by atoms with Gasteiger partial charge in [0.15, 0.2) is 0 Å². The number of halogens is 1. The average molecular weight is 376 g/mol. The van der Waals surface area contributed by atoms with E-state index in [9.17, 15) is 14.0 Å². The quantitative estimate of drug-likeness (QED) is 0.749. The lowest BCUT2D eigenvalue weighted by atomic mass is 9.99. The predicted molar refractivity (Wildman–Crippen MR) is 93.3 cm³/mol. The van der Waals surface area contributed by atoms with Crippen LogP contribution in [-0.2, 0) is 11.2 Å². The van der Waals surface area contributed by atoms with E-state index in [-0.39, 0.29) is 18.4 Å². The van der Waals surface area contributed by atoms with Crippen LogP contribution < -0.4 is 5.32 Å². The van der Waals surface area contributed by atoms with E-state index >= 15 is 0 Å². The first kappa shape index (κ1) is 18.8. The lowest BCUT2D eigenvalue weighted by Crippen LogP contribution is -2.47. The molecule has 1 saturated heterocycles. The zero-order valence-electron chi connectivity index (χ0n) is 14.7. The lowest BCUT2D eigenvalue weighted by molar-refractivity contribution is -0.143. The molecule has 2 heterocycles. The van der Waals surface area contributed by atoms with Gasteiger partial charge in [-0.3, -0.25) is 4.79 Å². The molecule has 2 aromatic rings. The molecule has 0 spiro atoms. The van der Waals surface area contributed by atoms with Crippen LogP contribution in [0.1, 0.15) is 25.2 Å². The molecule has 1 aliphatic heterocycles. The van der Waals surface area contributed by atoms with E-state index < -0.39 is 11.9 Å². The normalized spacial score (nSPS) is 16.9. The van der Waals surface area contributed by atoms with Crippen LogP contribution in [0.5, 0.6) is 0 Å². The third kappa shape index (κ3) is 5.02. The minimum atomic E-state index is -0.860. The van der Waals surface area contributed by atoms with Crippen molar-refractivity contribution < 1.29 is 23.6 Å². The molecule has 2 N–H and O–H groups in total. The van der Waals surface area contributed by atoms with Crippen molar-refractivity contribution in [2.24, 2.45) is 5.92 Å². The number of aromatic nitrogens is 2. The Morgan fingerprint density at radius 2 is 2.11 bits per heavy atom. The fraction of sp³-hybridized carbons (Fsp3) is 0.444. The number of aliphatic carboxylic acids is 1. The van der Waals surface area contributed by atoms with Crippen molar-refractivity contribution in [1.29, 1.82) is 0 Å². The number of benzene rings is 1. The second-order valence-corrected chi connectivity index (χ2v) is 6.48. The first-order valence-electron chi connectivity index (χ1n) is 8.87. The molecule has 9 heteroatoms. The molecular weight excluding hydrogens is 355 g/mol. The van der Waals surface area contributed by atoms with E-state index in [0.29, 0.717) is 56.1 Å². The Kier molecular flexibility index (Phi) is 6.00. The number of likely N-dealkylation sites (tertiary alicyclic amines) is 1. The van der Waals surface area contributed by atoms with Gasteiger partial charge in [-0.15, -0.1) is 0 Å². The van der Waals surface area contributed by atoms with Crippen LogP contribution in [0.2, 0.25) is 0 Å². The number of hydrogen-bond acceptors (Lipinski definition) is 5. The minimum absolute atomic E-state index is 0.242. The summed E-state index contributed by atoms with van der Waals surface area (Å²) in [7, 11) is 0. The van der Waals surface area contributed by atoms with Crippen molar-refractivity contribution >= 4 is 12.0 Å². The van der Waals surface area contributed by atoms with Gasteiger partial charge in [-0.05, 0) is 43.5 Å². The van der Waals surface area contributed by atoms with Crippen molar-refractivity contribution in [3.63, 3.8) is 0 Å². The Labute approximate surface area is 155 Å². The van der Waals surface area contributed by atoms with Crippen molar-refractivity contribution in [2.75, 3.05) is 19.6 Å². The van der Waals surface area contributed by atoms with Gasteiger partial charge in [0.25, 0.3) is 0 Å². The molecule has 1 atom stereocenters. The summed E-state index contributed by atoms with van der Waals surface area (Å²) in [6, 6.07) is 5.56. The molecule has 1 aromatic heterocycles. The van der Waals surface area contributed by atoms with Gasteiger partial charge in [-0.2, -0.15) is 4.98 Å². The molecule has 8 nitrogen and oxygen atoms in total. The van der Waals surface area contributed by atoms with Gasteiger partial charge < -0.3 is 19.8 Å². The first-order valence-corrected chi connectivity index (χ1v) is 8.87. The number of nitrogens with zero attached hydrogens (tertiary/aromatic N) is 3. The molecular formula is C18H21FN4O4. The maximum atomic E-state index is 12.9. The van der Waals surface area contributed by atoms with E-state index in [0.717, 1.165) is 0 Å². The number of carbonyl (C=O) groups excluding carboxylic acids is 1. The van der Waals surface area contributed by atoms with Crippen LogP contribution in [0.3, 0.4) is 0 Å². The molecule has 0 aliphatic carbocycles. The predicted octanol–water partition coefficient (Wildman–Crippen LogP) is 2.31. The van der Waals surface area contributed by atoms with Crippen LogP contribution in [0.4, 0.5) is 9.18 Å². The van der Waals surface area contributed by atoms with E-state index in [1.54, 1.807) is 17.0 Å². The molecule has 1 aliphatic rings. The SMILES string of the molecule is O=C(O)C1CCCN(C(=O)NCCCc2nc(-c3ccc(F)cc3)no2)C1. The van der Waals surface area contributed by atoms with E-state index in [2.05, 4.69) is 15.5 Å². The topological polar surface area (TPSA) is 109 Å². The number of hydrogen-bond donors (Lipinski definition) is 2. The second kappa shape index (κ2) is 8.61. The number of nitrogens with one attached hydrogen (secondary N) is 1. The zero-order valence-corrected chi connectivity index (χ0v) is 14.7. The summed E-state index contributed by atoms with van der Waals surface area (Å²) in [4.78, 5) is 29.0. The molecule has 1 aromatic carbocycles. The standard InChI is InChI=1S/C18H21FN4O4/c19-14-7-5-12(6-8-14)16-21-15(27-22-16)4-1-9-20-18(26)23-10-2-3-13(11-23)17(24)25/h5-8,13H,1-4,9-11H2,(H,20,26)(H,24,25). The highest BCUT2D eigenvalue weighted by molar-refractivity contribution is 5.76. The smallest absolute Gasteiger partial charge is 0.317 e. The third-order valence-corrected chi connectivity index (χ3v) is 4.47. The lowest BCUT2D eigenvalue weighted by Gasteiger charge is -2.30. The average Bonchev–Trinajstić information content (AvgIpc) is 3.14. The summed E-state index contributed by atoms with van der Waals surface area (Å²) in [6.07, 6.45) is 2.39. The number of amides is 2. The number of carbonyl (C=O) groups is 2. The van der Waals surface area contributed by atoms with Crippen LogP contribution >= 0.6 is 0 Å². The van der Waals surface area contributed by atoms with Crippen LogP contribution in [-0.4, -0.2) is 51.8 Å². The molecule has 0 radical (unpaired) electrons. The van der Waals surface area contributed by atoms with Crippen LogP contribution in [0.15, 0.2) is 28.8 Å². The maximum absolute atomic E-state index is 12.9. The molecule has 3 rings (SSSR count). The molecule has 0 saturated carbocycles. The molecule has 2 amide bonds. The van der Waals surface area contributed by atoms with Crippen LogP contribution in [0.25, 0.3) is 11.4 Å². The molecule has 1 fully saturated rings. The van der Waals surface area contributed by atoms with E-state index in [4.69, 9.17) is 9.63 Å². The monoisotopic (exact) mass is 376 g/mol. The van der Waals surface area contributed by atoms with Crippen molar-refractivity contribution in [2.45, 2.75) is 25.7 Å². The van der Waals surface area contributed by atoms with Gasteiger partial charge in [-0.1, -0.05) is 5.16 Å². The molecule has 144 valence electrons. The fourth-order valence-electron chi connectivity index (χ4n) is 2.98. The number of carboxylic acids is 1. The molecule has 27 heavy (non-hydrogen) atoms. The number of carboxylic acid groups (broad SMARTS) is 1. The van der Waals surface area contributed by atoms with E-state index in [1.165, 1.54) is 12.1 Å². The highest BCUT2D eigenvalue weighted by Gasteiger charge is 2.27. The highest BCUT2D eigenvalue weighted by atomic mass is 19.1. The van der Waals surface area contributed by atoms with Crippen molar-refractivity contribution in [1.82, 2.24) is 20.4 Å². The highest BCUT2D eigenvalue weighted by Crippen LogP contribution is 2.17. The Morgan fingerprint density at radius 3 is 2.85 bits per heavy atom. The van der Waals surface area contributed by atoms with Crippen LogP contribution in [0, 0.1) is 11.7 Å². The van der Waals surface area contributed by atoms with Gasteiger partial charge in [0, 0.05) is 31.6 Å². The van der Waals surface area contributed by atoms with Gasteiger partial charge in [-0.25, -0.2) is 9.18 Å². The summed E-state index contributed by atoms with van der Waals surface area (Å²) in [5, 5.41) is 15.7. The summed E-state index contributed by atoms with van der Waals surface area (Å²) in [6.45, 7) is 1.23.